The molecule has 0 bridgehead atoms. The minimum atomic E-state index is -3.55. The van der Waals surface area contributed by atoms with Crippen molar-refractivity contribution in [2.45, 2.75) is 36.2 Å². The first-order chi connectivity index (χ1) is 14.3. The van der Waals surface area contributed by atoms with Crippen LogP contribution in [0.5, 0.6) is 0 Å². The molecule has 3 rings (SSSR count). The fourth-order valence-electron chi connectivity index (χ4n) is 2.73. The van der Waals surface area contributed by atoms with Crippen molar-refractivity contribution in [2.24, 2.45) is 0 Å². The zero-order valence-corrected chi connectivity index (χ0v) is 18.9. The molecule has 1 N–H and O–H groups in total. The van der Waals surface area contributed by atoms with E-state index in [1.54, 1.807) is 53.1 Å². The fourth-order valence-corrected chi connectivity index (χ4v) is 5.00. The zero-order chi connectivity index (χ0) is 21.7. The number of thioether (sulfide) groups is 1. The number of carbonyl (C=O) groups is 1. The van der Waals surface area contributed by atoms with Crippen LogP contribution >= 0.6 is 23.4 Å². The number of aryl methyl sites for hydroxylation is 1. The largest absolute Gasteiger partial charge is 0.324 e. The molecule has 0 unspecified atom stereocenters. The normalized spacial score (nSPS) is 11.4. The molecule has 0 aliphatic rings. The minimum Gasteiger partial charge on any atom is -0.324 e. The highest BCUT2D eigenvalue weighted by atomic mass is 35.5. The van der Waals surface area contributed by atoms with Crippen molar-refractivity contribution in [1.29, 1.82) is 0 Å². The first-order valence-electron chi connectivity index (χ1n) is 9.19. The van der Waals surface area contributed by atoms with E-state index < -0.39 is 9.84 Å². The third-order valence-electron chi connectivity index (χ3n) is 4.29. The van der Waals surface area contributed by atoms with E-state index in [0.717, 1.165) is 5.56 Å². The summed E-state index contributed by atoms with van der Waals surface area (Å²) < 4.78 is 27.2. The van der Waals surface area contributed by atoms with Crippen molar-refractivity contribution in [2.75, 3.05) is 11.1 Å². The van der Waals surface area contributed by atoms with Gasteiger partial charge in [0.25, 0.3) is 0 Å². The fraction of sp³-hybridized carbons (Fsp3) is 0.250. The Morgan fingerprint density at radius 2 is 1.83 bits per heavy atom. The average Bonchev–Trinajstić information content (AvgIpc) is 3.09. The number of rotatable bonds is 8. The number of hydrogen-bond donors (Lipinski definition) is 1. The van der Waals surface area contributed by atoms with Gasteiger partial charge in [0.2, 0.25) is 5.91 Å². The number of anilines is 1. The number of halogens is 1. The van der Waals surface area contributed by atoms with Crippen LogP contribution in [-0.2, 0) is 26.9 Å². The smallest absolute Gasteiger partial charge is 0.234 e. The molecule has 1 heterocycles. The summed E-state index contributed by atoms with van der Waals surface area (Å²) in [6.07, 6.45) is 0. The molecule has 30 heavy (non-hydrogen) atoms. The van der Waals surface area contributed by atoms with Crippen molar-refractivity contribution >= 4 is 44.8 Å². The lowest BCUT2D eigenvalue weighted by Crippen LogP contribution is -2.15. The third-order valence-corrected chi connectivity index (χ3v) is 7.21. The van der Waals surface area contributed by atoms with E-state index in [-0.39, 0.29) is 22.3 Å². The van der Waals surface area contributed by atoms with Crippen LogP contribution in [0.25, 0.3) is 0 Å². The van der Waals surface area contributed by atoms with Crippen LogP contribution in [0, 0.1) is 6.92 Å². The van der Waals surface area contributed by atoms with Crippen molar-refractivity contribution in [3.05, 3.63) is 64.9 Å². The van der Waals surface area contributed by atoms with Crippen LogP contribution in [0.4, 0.5) is 5.69 Å². The molecular weight excluding hydrogens is 444 g/mol. The Bertz CT molecular complexity index is 1150. The molecule has 0 saturated heterocycles. The Kier molecular flexibility index (Phi) is 7.17. The maximum Gasteiger partial charge on any atom is 0.234 e. The summed E-state index contributed by atoms with van der Waals surface area (Å²) in [5.41, 5.74) is 1.52. The van der Waals surface area contributed by atoms with Gasteiger partial charge < -0.3 is 9.88 Å². The molecule has 1 aromatic heterocycles. The lowest BCUT2D eigenvalue weighted by atomic mass is 10.2. The predicted molar refractivity (Wildman–Crippen MR) is 119 cm³/mol. The highest BCUT2D eigenvalue weighted by Crippen LogP contribution is 2.23. The average molecular weight is 465 g/mol. The van der Waals surface area contributed by atoms with E-state index >= 15 is 0 Å². The number of sulfone groups is 1. The van der Waals surface area contributed by atoms with E-state index in [1.165, 1.54) is 11.8 Å². The van der Waals surface area contributed by atoms with Gasteiger partial charge in [-0.25, -0.2) is 8.42 Å². The second-order valence-corrected chi connectivity index (χ2v) is 9.87. The Labute approximate surface area is 184 Å². The van der Waals surface area contributed by atoms with Crippen LogP contribution in [0.2, 0.25) is 5.02 Å². The van der Waals surface area contributed by atoms with Crippen molar-refractivity contribution in [3.63, 3.8) is 0 Å². The Morgan fingerprint density at radius 1 is 1.13 bits per heavy atom. The molecule has 2 aromatic carbocycles. The number of hydrogen-bond acceptors (Lipinski definition) is 6. The van der Waals surface area contributed by atoms with Crippen LogP contribution in [0.1, 0.15) is 18.3 Å². The lowest BCUT2D eigenvalue weighted by Gasteiger charge is -2.09. The second-order valence-electron chi connectivity index (χ2n) is 6.53. The Morgan fingerprint density at radius 3 is 2.50 bits per heavy atom. The molecule has 3 aromatic rings. The number of para-hydroxylation sites is 1. The summed E-state index contributed by atoms with van der Waals surface area (Å²) >= 11 is 7.24. The topological polar surface area (TPSA) is 93.9 Å². The van der Waals surface area contributed by atoms with E-state index in [0.29, 0.717) is 28.2 Å². The van der Waals surface area contributed by atoms with Gasteiger partial charge >= 0.3 is 0 Å². The zero-order valence-electron chi connectivity index (χ0n) is 16.5. The second kappa shape index (κ2) is 9.63. The summed E-state index contributed by atoms with van der Waals surface area (Å²) in [4.78, 5) is 12.5. The minimum absolute atomic E-state index is 0.0913. The number of nitrogens with one attached hydrogen (secondary N) is 1. The molecule has 0 fully saturated rings. The van der Waals surface area contributed by atoms with Crippen LogP contribution in [-0.4, -0.2) is 34.8 Å². The number of amides is 1. The molecule has 0 saturated carbocycles. The van der Waals surface area contributed by atoms with E-state index in [4.69, 9.17) is 11.6 Å². The Hall–Kier alpha value is -2.36. The monoisotopic (exact) mass is 464 g/mol. The van der Waals surface area contributed by atoms with Crippen LogP contribution in [0.15, 0.2) is 58.6 Å². The quantitative estimate of drug-likeness (QED) is 0.507. The molecule has 10 heteroatoms. The molecule has 0 radical (unpaired) electrons. The van der Waals surface area contributed by atoms with Gasteiger partial charge in [-0.2, -0.15) is 0 Å². The van der Waals surface area contributed by atoms with Gasteiger partial charge in [0, 0.05) is 6.54 Å². The van der Waals surface area contributed by atoms with E-state index in [1.807, 2.05) is 13.8 Å². The SMILES string of the molecule is CCn1c(CS(=O)(=O)c2ccc(C)cc2)nnc1SCC(=O)Nc1ccccc1Cl. The maximum atomic E-state index is 12.7. The van der Waals surface area contributed by atoms with Crippen molar-refractivity contribution in [1.82, 2.24) is 14.8 Å². The van der Waals surface area contributed by atoms with Crippen molar-refractivity contribution < 1.29 is 13.2 Å². The van der Waals surface area contributed by atoms with Gasteiger partial charge in [-0.1, -0.05) is 53.2 Å². The highest BCUT2D eigenvalue weighted by molar-refractivity contribution is 7.99. The van der Waals surface area contributed by atoms with Gasteiger partial charge in [-0.15, -0.1) is 10.2 Å². The number of benzene rings is 2. The van der Waals surface area contributed by atoms with Gasteiger partial charge in [-0.05, 0) is 38.1 Å². The molecule has 0 atom stereocenters. The number of carbonyl (C=O) groups excluding carboxylic acids is 1. The molecule has 1 amide bonds. The summed E-state index contributed by atoms with van der Waals surface area (Å²) in [5.74, 6) is -0.0724. The summed E-state index contributed by atoms with van der Waals surface area (Å²) in [6.45, 7) is 4.26. The third kappa shape index (κ3) is 5.41. The Balaban J connectivity index is 1.69. The summed E-state index contributed by atoms with van der Waals surface area (Å²) in [7, 11) is -3.55. The van der Waals surface area contributed by atoms with Gasteiger partial charge in [0.1, 0.15) is 11.6 Å². The van der Waals surface area contributed by atoms with Gasteiger partial charge in [0.05, 0.1) is 21.4 Å². The summed E-state index contributed by atoms with van der Waals surface area (Å²) in [5, 5.41) is 11.8. The van der Waals surface area contributed by atoms with Crippen LogP contribution < -0.4 is 5.32 Å². The number of aromatic nitrogens is 3. The van der Waals surface area contributed by atoms with Crippen molar-refractivity contribution in [3.8, 4) is 0 Å². The van der Waals surface area contributed by atoms with Gasteiger partial charge in [-0.3, -0.25) is 4.79 Å². The van der Waals surface area contributed by atoms with E-state index in [9.17, 15) is 13.2 Å². The van der Waals surface area contributed by atoms with Gasteiger partial charge in [0.15, 0.2) is 15.0 Å². The summed E-state index contributed by atoms with van der Waals surface area (Å²) in [6, 6.07) is 13.7. The molecule has 0 aliphatic heterocycles. The predicted octanol–water partition coefficient (Wildman–Crippen LogP) is 3.96. The first-order valence-corrected chi connectivity index (χ1v) is 12.2. The standard InChI is InChI=1S/C20H21ClN4O3S2/c1-3-25-18(13-30(27,28)15-10-8-14(2)9-11-15)23-24-20(25)29-12-19(26)22-17-7-5-4-6-16(17)21/h4-11H,3,12-13H2,1-2H3,(H,22,26). The highest BCUT2D eigenvalue weighted by Gasteiger charge is 2.21. The number of nitrogens with zero attached hydrogens (tertiary/aromatic N) is 3. The molecular formula is C20H21ClN4O3S2. The first kappa shape index (κ1) is 22.3. The maximum absolute atomic E-state index is 12.7. The molecule has 158 valence electrons. The van der Waals surface area contributed by atoms with Crippen LogP contribution in [0.3, 0.4) is 0 Å². The van der Waals surface area contributed by atoms with E-state index in [2.05, 4.69) is 15.5 Å². The molecule has 0 spiro atoms. The molecule has 0 aliphatic carbocycles. The molecule has 7 nitrogen and oxygen atoms in total. The lowest BCUT2D eigenvalue weighted by molar-refractivity contribution is -0.113.